The van der Waals surface area contributed by atoms with Crippen LogP contribution in [0.25, 0.3) is 0 Å². The summed E-state index contributed by atoms with van der Waals surface area (Å²) < 4.78 is 11.0. The van der Waals surface area contributed by atoms with Crippen LogP contribution in [0.5, 0.6) is 0 Å². The van der Waals surface area contributed by atoms with Gasteiger partial charge in [-0.25, -0.2) is 4.79 Å². The number of carbonyl (C=O) groups is 1. The molecule has 0 saturated carbocycles. The van der Waals surface area contributed by atoms with Gasteiger partial charge in [-0.2, -0.15) is 0 Å². The molecule has 0 aromatic rings. The Morgan fingerprint density at radius 3 is 2.46 bits per heavy atom. The van der Waals surface area contributed by atoms with E-state index in [1.54, 1.807) is 10.8 Å². The Labute approximate surface area is 167 Å². The molecule has 0 aliphatic rings. The minimum Gasteiger partial charge on any atom is -0.449 e. The van der Waals surface area contributed by atoms with Crippen LogP contribution in [0.15, 0.2) is 0 Å². The fourth-order valence-electron chi connectivity index (χ4n) is 1.68. The van der Waals surface area contributed by atoms with Gasteiger partial charge in [0.25, 0.3) is 0 Å². The van der Waals surface area contributed by atoms with Crippen LogP contribution in [0, 0.1) is 23.7 Å². The molecule has 5 nitrogen and oxygen atoms in total. The molecular formula is C19H36N2O3S2. The molecule has 1 amide bonds. The van der Waals surface area contributed by atoms with Gasteiger partial charge in [-0.3, -0.25) is 0 Å². The van der Waals surface area contributed by atoms with Gasteiger partial charge >= 0.3 is 6.09 Å². The minimum absolute atomic E-state index is 0.152. The van der Waals surface area contributed by atoms with E-state index in [-0.39, 0.29) is 5.44 Å². The largest absolute Gasteiger partial charge is 0.449 e. The molecule has 152 valence electrons. The molecule has 0 aliphatic heterocycles. The summed E-state index contributed by atoms with van der Waals surface area (Å²) in [5.74, 6) is 7.66. The van der Waals surface area contributed by atoms with Crippen molar-refractivity contribution in [1.82, 2.24) is 10.6 Å². The minimum atomic E-state index is -0.425. The number of rotatable bonds is 13. The van der Waals surface area contributed by atoms with Crippen molar-refractivity contribution in [3.63, 3.8) is 0 Å². The van der Waals surface area contributed by atoms with Crippen LogP contribution in [-0.2, 0) is 9.47 Å². The Kier molecular flexibility index (Phi) is 16.3. The van der Waals surface area contributed by atoms with E-state index in [1.165, 1.54) is 0 Å². The SMILES string of the molecule is CC(C)C#CCNC(=O)OCCCOC(SSCCNC(C)C)C(C)C. The number of nitrogens with one attached hydrogen (secondary N) is 2. The highest BCUT2D eigenvalue weighted by molar-refractivity contribution is 8.76. The first-order valence-electron chi connectivity index (χ1n) is 9.35. The van der Waals surface area contributed by atoms with E-state index < -0.39 is 6.09 Å². The van der Waals surface area contributed by atoms with E-state index in [2.05, 4.69) is 50.2 Å². The molecule has 7 heteroatoms. The number of carbonyl (C=O) groups excluding carboxylic acids is 1. The zero-order valence-electron chi connectivity index (χ0n) is 17.1. The molecule has 1 atom stereocenters. The van der Waals surface area contributed by atoms with Crippen LogP contribution < -0.4 is 10.6 Å². The lowest BCUT2D eigenvalue weighted by molar-refractivity contribution is 0.0678. The zero-order chi connectivity index (χ0) is 19.8. The van der Waals surface area contributed by atoms with E-state index in [0.717, 1.165) is 12.3 Å². The Balaban J connectivity index is 3.73. The molecule has 0 aromatic heterocycles. The van der Waals surface area contributed by atoms with Gasteiger partial charge in [-0.15, -0.1) is 0 Å². The van der Waals surface area contributed by atoms with Crippen molar-refractivity contribution in [2.24, 2.45) is 11.8 Å². The highest BCUT2D eigenvalue weighted by Gasteiger charge is 2.14. The first kappa shape index (κ1) is 25.4. The van der Waals surface area contributed by atoms with Crippen LogP contribution in [0.2, 0.25) is 0 Å². The van der Waals surface area contributed by atoms with Gasteiger partial charge in [0.15, 0.2) is 0 Å². The zero-order valence-corrected chi connectivity index (χ0v) is 18.7. The van der Waals surface area contributed by atoms with E-state index in [0.29, 0.717) is 44.1 Å². The second-order valence-electron chi connectivity index (χ2n) is 6.83. The molecule has 0 saturated heterocycles. The predicted molar refractivity (Wildman–Crippen MR) is 114 cm³/mol. The van der Waals surface area contributed by atoms with Gasteiger partial charge in [0, 0.05) is 30.7 Å². The highest BCUT2D eigenvalue weighted by atomic mass is 33.1. The smallest absolute Gasteiger partial charge is 0.407 e. The molecule has 26 heavy (non-hydrogen) atoms. The summed E-state index contributed by atoms with van der Waals surface area (Å²) in [6.07, 6.45) is 0.264. The lowest BCUT2D eigenvalue weighted by Gasteiger charge is -2.20. The molecule has 0 fully saturated rings. The van der Waals surface area contributed by atoms with Crippen molar-refractivity contribution in [3.8, 4) is 11.8 Å². The van der Waals surface area contributed by atoms with Gasteiger partial charge in [0.2, 0.25) is 0 Å². The number of amides is 1. The Hall–Kier alpha value is -0.550. The summed E-state index contributed by atoms with van der Waals surface area (Å²) in [6.45, 7) is 14.9. The van der Waals surface area contributed by atoms with Crippen molar-refractivity contribution < 1.29 is 14.3 Å². The molecule has 1 unspecified atom stereocenters. The summed E-state index contributed by atoms with van der Waals surface area (Å²) in [7, 11) is 3.62. The summed E-state index contributed by atoms with van der Waals surface area (Å²) in [6, 6.07) is 0.525. The van der Waals surface area contributed by atoms with Crippen molar-refractivity contribution in [2.45, 2.75) is 59.4 Å². The molecule has 0 aromatic carbocycles. The monoisotopic (exact) mass is 404 g/mol. The maximum atomic E-state index is 11.5. The number of ether oxygens (including phenoxy) is 2. The standard InChI is InChI=1S/C19H36N2O3S2/c1-15(2)9-7-10-21-19(22)24-13-8-12-23-18(16(3)4)26-25-14-11-20-17(5)6/h15-18,20H,8,10-14H2,1-6H3,(H,21,22). The first-order valence-corrected chi connectivity index (χ1v) is 11.7. The van der Waals surface area contributed by atoms with E-state index in [1.807, 2.05) is 24.6 Å². The van der Waals surface area contributed by atoms with Crippen molar-refractivity contribution in [3.05, 3.63) is 0 Å². The van der Waals surface area contributed by atoms with E-state index in [9.17, 15) is 4.79 Å². The summed E-state index contributed by atoms with van der Waals surface area (Å²) in [5.41, 5.74) is 0.152. The summed E-state index contributed by atoms with van der Waals surface area (Å²) in [4.78, 5) is 11.5. The summed E-state index contributed by atoms with van der Waals surface area (Å²) in [5, 5.41) is 6.02. The van der Waals surface area contributed by atoms with Gasteiger partial charge in [-0.05, 0) is 5.92 Å². The van der Waals surface area contributed by atoms with Crippen LogP contribution in [0.3, 0.4) is 0 Å². The Morgan fingerprint density at radius 2 is 1.85 bits per heavy atom. The van der Waals surface area contributed by atoms with Gasteiger partial charge < -0.3 is 20.1 Å². The quantitative estimate of drug-likeness (QED) is 0.208. The third-order valence-electron chi connectivity index (χ3n) is 2.96. The van der Waals surface area contributed by atoms with Crippen molar-refractivity contribution in [2.75, 3.05) is 32.1 Å². The second-order valence-corrected chi connectivity index (χ2v) is 9.41. The van der Waals surface area contributed by atoms with Crippen LogP contribution >= 0.6 is 21.6 Å². The number of alkyl carbamates (subject to hydrolysis) is 1. The molecule has 0 heterocycles. The normalized spacial score (nSPS) is 12.2. The maximum absolute atomic E-state index is 11.5. The molecular weight excluding hydrogens is 368 g/mol. The van der Waals surface area contributed by atoms with Crippen LogP contribution in [-0.4, -0.2) is 49.6 Å². The van der Waals surface area contributed by atoms with Gasteiger partial charge in [-0.1, -0.05) is 75.0 Å². The second kappa shape index (κ2) is 16.6. The number of hydrogen-bond donors (Lipinski definition) is 2. The third kappa shape index (κ3) is 16.9. The highest BCUT2D eigenvalue weighted by Crippen LogP contribution is 2.31. The third-order valence-corrected chi connectivity index (χ3v) is 5.82. The van der Waals surface area contributed by atoms with Gasteiger partial charge in [0.1, 0.15) is 5.44 Å². The fourth-order valence-corrected chi connectivity index (χ4v) is 4.26. The average Bonchev–Trinajstić information content (AvgIpc) is 2.55. The van der Waals surface area contributed by atoms with Gasteiger partial charge in [0.05, 0.1) is 19.8 Å². The Morgan fingerprint density at radius 1 is 1.12 bits per heavy atom. The molecule has 2 N–H and O–H groups in total. The van der Waals surface area contributed by atoms with Crippen molar-refractivity contribution in [1.29, 1.82) is 0 Å². The van der Waals surface area contributed by atoms with Crippen molar-refractivity contribution >= 4 is 27.7 Å². The number of hydrogen-bond acceptors (Lipinski definition) is 6. The van der Waals surface area contributed by atoms with E-state index in [4.69, 9.17) is 9.47 Å². The van der Waals surface area contributed by atoms with Crippen LogP contribution in [0.4, 0.5) is 4.79 Å². The molecule has 0 radical (unpaired) electrons. The molecule has 0 spiro atoms. The predicted octanol–water partition coefficient (Wildman–Crippen LogP) is 4.14. The summed E-state index contributed by atoms with van der Waals surface area (Å²) >= 11 is 0. The maximum Gasteiger partial charge on any atom is 0.407 e. The molecule has 0 bridgehead atoms. The molecule has 0 aliphatic carbocycles. The Bertz CT molecular complexity index is 421. The van der Waals surface area contributed by atoms with E-state index >= 15 is 0 Å². The van der Waals surface area contributed by atoms with Crippen LogP contribution in [0.1, 0.15) is 48.0 Å². The average molecular weight is 405 g/mol. The first-order chi connectivity index (χ1) is 12.3. The fraction of sp³-hybridized carbons (Fsp3) is 0.842. The lowest BCUT2D eigenvalue weighted by atomic mass is 10.2. The lowest BCUT2D eigenvalue weighted by Crippen LogP contribution is -2.25. The topological polar surface area (TPSA) is 59.6 Å². The molecule has 0 rings (SSSR count).